The lowest BCUT2D eigenvalue weighted by Crippen LogP contribution is -2.13. The monoisotopic (exact) mass is 452 g/mol. The Kier molecular flexibility index (Phi) is 12.2. The van der Waals surface area contributed by atoms with Gasteiger partial charge in [0.15, 0.2) is 0 Å². The number of aryl methyl sites for hydroxylation is 2. The van der Waals surface area contributed by atoms with Gasteiger partial charge in [0.1, 0.15) is 0 Å². The Morgan fingerprint density at radius 2 is 1.13 bits per heavy atom. The fourth-order valence-corrected chi connectivity index (χ4v) is 3.50. The predicted molar refractivity (Wildman–Crippen MR) is 122 cm³/mol. The van der Waals surface area contributed by atoms with Gasteiger partial charge in [-0.1, -0.05) is 61.3 Å². The van der Waals surface area contributed by atoms with E-state index in [2.05, 4.69) is 0 Å². The molecule has 2 aromatic carbocycles. The van der Waals surface area contributed by atoms with Crippen LogP contribution in [0.5, 0.6) is 0 Å². The summed E-state index contributed by atoms with van der Waals surface area (Å²) in [6.45, 7) is 3.80. The van der Waals surface area contributed by atoms with Crippen molar-refractivity contribution in [2.45, 2.75) is 52.4 Å². The number of carboxylic acids is 2. The van der Waals surface area contributed by atoms with Gasteiger partial charge < -0.3 is 10.2 Å². The molecule has 0 radical (unpaired) electrons. The van der Waals surface area contributed by atoms with Crippen LogP contribution in [0.25, 0.3) is 0 Å². The van der Waals surface area contributed by atoms with Crippen LogP contribution in [0.15, 0.2) is 48.5 Å². The van der Waals surface area contributed by atoms with E-state index >= 15 is 0 Å². The molecule has 0 saturated heterocycles. The standard InChI is InChI=1S/2C12H15ClO2/c2*1-2-10(12(14)15)7-6-9-4-3-5-11(13)8-9/h2*3-5,8,10H,2,6-7H2,1H3,(H,14,15). The Hall–Kier alpha value is -2.04. The first-order valence-corrected chi connectivity index (χ1v) is 11.0. The van der Waals surface area contributed by atoms with E-state index in [0.29, 0.717) is 35.7 Å². The van der Waals surface area contributed by atoms with Crippen molar-refractivity contribution in [2.75, 3.05) is 0 Å². The maximum atomic E-state index is 10.8. The van der Waals surface area contributed by atoms with Crippen molar-refractivity contribution < 1.29 is 19.8 Å². The quantitative estimate of drug-likeness (QED) is 0.417. The fraction of sp³-hybridized carbons (Fsp3) is 0.417. The molecule has 0 saturated carbocycles. The lowest BCUT2D eigenvalue weighted by atomic mass is 9.97. The third-order valence-corrected chi connectivity index (χ3v) is 5.50. The zero-order valence-corrected chi connectivity index (χ0v) is 19.0. The third kappa shape index (κ3) is 10.1. The van der Waals surface area contributed by atoms with Gasteiger partial charge in [0, 0.05) is 10.0 Å². The highest BCUT2D eigenvalue weighted by Crippen LogP contribution is 2.17. The SMILES string of the molecule is CCC(CCc1cccc(Cl)c1)C(=O)O.CCC(CCc1cccc(Cl)c1)C(=O)O. The van der Waals surface area contributed by atoms with Crippen LogP contribution < -0.4 is 0 Å². The van der Waals surface area contributed by atoms with E-state index in [-0.39, 0.29) is 11.8 Å². The highest BCUT2D eigenvalue weighted by atomic mass is 35.5. The van der Waals surface area contributed by atoms with E-state index in [4.69, 9.17) is 33.4 Å². The van der Waals surface area contributed by atoms with Gasteiger partial charge in [-0.15, -0.1) is 0 Å². The van der Waals surface area contributed by atoms with Crippen molar-refractivity contribution in [3.8, 4) is 0 Å². The Morgan fingerprint density at radius 1 is 0.767 bits per heavy atom. The van der Waals surface area contributed by atoms with E-state index in [1.807, 2.05) is 62.4 Å². The summed E-state index contributed by atoms with van der Waals surface area (Å²) in [5.41, 5.74) is 2.20. The second-order valence-electron chi connectivity index (χ2n) is 7.22. The molecule has 2 unspecified atom stereocenters. The molecule has 0 fully saturated rings. The third-order valence-electron chi connectivity index (χ3n) is 5.03. The number of hydrogen-bond donors (Lipinski definition) is 2. The van der Waals surface area contributed by atoms with Crippen LogP contribution in [0.4, 0.5) is 0 Å². The van der Waals surface area contributed by atoms with Crippen LogP contribution in [-0.4, -0.2) is 22.2 Å². The maximum absolute atomic E-state index is 10.8. The molecule has 2 atom stereocenters. The minimum absolute atomic E-state index is 0.246. The van der Waals surface area contributed by atoms with E-state index < -0.39 is 11.9 Å². The van der Waals surface area contributed by atoms with Gasteiger partial charge in [-0.05, 0) is 73.9 Å². The van der Waals surface area contributed by atoms with Crippen molar-refractivity contribution in [3.63, 3.8) is 0 Å². The number of hydrogen-bond acceptors (Lipinski definition) is 2. The first-order valence-electron chi connectivity index (χ1n) is 10.2. The summed E-state index contributed by atoms with van der Waals surface area (Å²) in [6.07, 6.45) is 4.24. The molecule has 2 aromatic rings. The van der Waals surface area contributed by atoms with Crippen molar-refractivity contribution in [3.05, 3.63) is 69.7 Å². The first-order chi connectivity index (χ1) is 14.3. The second-order valence-corrected chi connectivity index (χ2v) is 8.10. The van der Waals surface area contributed by atoms with Crippen LogP contribution in [0.1, 0.15) is 50.7 Å². The number of halogens is 2. The molecule has 0 aromatic heterocycles. The molecule has 0 spiro atoms. The van der Waals surface area contributed by atoms with Crippen molar-refractivity contribution >= 4 is 35.1 Å². The molecule has 6 heteroatoms. The van der Waals surface area contributed by atoms with E-state index in [0.717, 1.165) is 24.0 Å². The van der Waals surface area contributed by atoms with Gasteiger partial charge in [-0.2, -0.15) is 0 Å². The normalized spacial score (nSPS) is 12.4. The number of aliphatic carboxylic acids is 2. The Labute approximate surface area is 188 Å². The molecule has 0 amide bonds. The number of rotatable bonds is 10. The summed E-state index contributed by atoms with van der Waals surface area (Å²) in [7, 11) is 0. The molecule has 2 N–H and O–H groups in total. The topological polar surface area (TPSA) is 74.6 Å². The Morgan fingerprint density at radius 3 is 1.40 bits per heavy atom. The second kappa shape index (κ2) is 14.1. The lowest BCUT2D eigenvalue weighted by molar-refractivity contribution is -0.143. The van der Waals surface area contributed by atoms with Crippen molar-refractivity contribution in [2.24, 2.45) is 11.8 Å². The van der Waals surface area contributed by atoms with Gasteiger partial charge in [-0.3, -0.25) is 9.59 Å². The summed E-state index contributed by atoms with van der Waals surface area (Å²) >= 11 is 11.7. The molecular formula is C24H30Cl2O4. The lowest BCUT2D eigenvalue weighted by Gasteiger charge is -2.09. The molecule has 2 rings (SSSR count). The predicted octanol–water partition coefficient (Wildman–Crippen LogP) is 6.77. The van der Waals surface area contributed by atoms with Crippen LogP contribution in [0.2, 0.25) is 10.0 Å². The van der Waals surface area contributed by atoms with Gasteiger partial charge in [-0.25, -0.2) is 0 Å². The van der Waals surface area contributed by atoms with Gasteiger partial charge in [0.25, 0.3) is 0 Å². The summed E-state index contributed by atoms with van der Waals surface area (Å²) in [6, 6.07) is 15.1. The molecule has 30 heavy (non-hydrogen) atoms. The number of benzene rings is 2. The first kappa shape index (κ1) is 26.0. The van der Waals surface area contributed by atoms with Gasteiger partial charge in [0.2, 0.25) is 0 Å². The number of carbonyl (C=O) groups is 2. The summed E-state index contributed by atoms with van der Waals surface area (Å²) in [4.78, 5) is 21.6. The maximum Gasteiger partial charge on any atom is 0.306 e. The zero-order valence-electron chi connectivity index (χ0n) is 17.5. The molecule has 0 aliphatic rings. The average Bonchev–Trinajstić information content (AvgIpc) is 2.69. The van der Waals surface area contributed by atoms with Gasteiger partial charge >= 0.3 is 11.9 Å². The number of carboxylic acid groups (broad SMARTS) is 2. The van der Waals surface area contributed by atoms with Crippen molar-refractivity contribution in [1.29, 1.82) is 0 Å². The van der Waals surface area contributed by atoms with Crippen LogP contribution in [-0.2, 0) is 22.4 Å². The van der Waals surface area contributed by atoms with Crippen LogP contribution in [0.3, 0.4) is 0 Å². The summed E-state index contributed by atoms with van der Waals surface area (Å²) in [5, 5.41) is 19.2. The molecule has 4 nitrogen and oxygen atoms in total. The van der Waals surface area contributed by atoms with E-state index in [1.54, 1.807) is 0 Å². The largest absolute Gasteiger partial charge is 0.481 e. The van der Waals surface area contributed by atoms with E-state index in [1.165, 1.54) is 0 Å². The molecule has 0 heterocycles. The zero-order chi connectivity index (χ0) is 22.5. The summed E-state index contributed by atoms with van der Waals surface area (Å²) in [5.74, 6) is -1.91. The van der Waals surface area contributed by atoms with E-state index in [9.17, 15) is 9.59 Å². The smallest absolute Gasteiger partial charge is 0.306 e. The highest BCUT2D eigenvalue weighted by Gasteiger charge is 2.15. The fourth-order valence-electron chi connectivity index (χ4n) is 3.07. The molecular weight excluding hydrogens is 423 g/mol. The van der Waals surface area contributed by atoms with Crippen LogP contribution in [0, 0.1) is 11.8 Å². The van der Waals surface area contributed by atoms with Gasteiger partial charge in [0.05, 0.1) is 11.8 Å². The highest BCUT2D eigenvalue weighted by molar-refractivity contribution is 6.30. The Balaban J connectivity index is 0.000000300. The Bertz CT molecular complexity index is 740. The molecule has 0 bridgehead atoms. The minimum Gasteiger partial charge on any atom is -0.481 e. The molecule has 164 valence electrons. The molecule has 0 aliphatic carbocycles. The minimum atomic E-state index is -0.709. The average molecular weight is 453 g/mol. The molecule has 0 aliphatic heterocycles. The summed E-state index contributed by atoms with van der Waals surface area (Å²) < 4.78 is 0. The van der Waals surface area contributed by atoms with Crippen LogP contribution >= 0.6 is 23.2 Å². The van der Waals surface area contributed by atoms with Crippen molar-refractivity contribution in [1.82, 2.24) is 0 Å².